The second-order valence-electron chi connectivity index (χ2n) is 12.0. The molecule has 11 heteroatoms. The SMILES string of the molecule is CC(C)(C)OC(=O)N1CCC(n2cc(C(N)c3ccc4c5c(cccc35)C(=O)N4C3CCC(=O)NC3=O)cn2)CC1. The van der Waals surface area contributed by atoms with Gasteiger partial charge in [-0.25, -0.2) is 4.79 Å². The van der Waals surface area contributed by atoms with Gasteiger partial charge in [0.05, 0.1) is 24.0 Å². The summed E-state index contributed by atoms with van der Waals surface area (Å²) in [5, 5.41) is 8.57. The third-order valence-electron chi connectivity index (χ3n) is 8.09. The monoisotopic (exact) mass is 558 g/mol. The summed E-state index contributed by atoms with van der Waals surface area (Å²) < 4.78 is 7.43. The molecule has 0 bridgehead atoms. The van der Waals surface area contributed by atoms with Gasteiger partial charge in [-0.1, -0.05) is 18.2 Å². The predicted octanol–water partition coefficient (Wildman–Crippen LogP) is 3.42. The van der Waals surface area contributed by atoms with E-state index in [1.807, 2.05) is 55.9 Å². The first-order chi connectivity index (χ1) is 19.5. The highest BCUT2D eigenvalue weighted by Crippen LogP contribution is 2.42. The lowest BCUT2D eigenvalue weighted by Gasteiger charge is -2.33. The van der Waals surface area contributed by atoms with Crippen molar-refractivity contribution >= 4 is 40.3 Å². The minimum Gasteiger partial charge on any atom is -0.444 e. The lowest BCUT2D eigenvalue weighted by atomic mass is 9.94. The van der Waals surface area contributed by atoms with Crippen LogP contribution in [0.5, 0.6) is 0 Å². The molecule has 2 fully saturated rings. The number of piperidine rings is 2. The van der Waals surface area contributed by atoms with E-state index in [1.54, 1.807) is 17.2 Å². The standard InChI is InChI=1S/C30H34N6O5/c1-30(2,3)41-29(40)34-13-11-18(12-14-34)35-16-17(15-32-35)26(31)20-7-8-22-25-19(20)5-4-6-21(25)28(39)36(22)23-9-10-24(37)33-27(23)38/h4-8,15-16,18,23,26H,9-14,31H2,1-3H3,(H,33,37,38). The number of nitrogens with two attached hydrogens (primary N) is 1. The molecule has 3 N–H and O–H groups in total. The first-order valence-corrected chi connectivity index (χ1v) is 14.0. The van der Waals surface area contributed by atoms with Gasteiger partial charge in [0.2, 0.25) is 11.8 Å². The number of hydrogen-bond acceptors (Lipinski definition) is 7. The highest BCUT2D eigenvalue weighted by molar-refractivity contribution is 6.27. The number of benzene rings is 2. The van der Waals surface area contributed by atoms with Gasteiger partial charge in [-0.2, -0.15) is 5.10 Å². The van der Waals surface area contributed by atoms with Crippen LogP contribution in [0.1, 0.15) is 80.0 Å². The Kier molecular flexibility index (Phi) is 6.56. The highest BCUT2D eigenvalue weighted by Gasteiger charge is 2.41. The Hall–Kier alpha value is -4.25. The summed E-state index contributed by atoms with van der Waals surface area (Å²) >= 11 is 0. The van der Waals surface area contributed by atoms with E-state index in [2.05, 4.69) is 10.4 Å². The van der Waals surface area contributed by atoms with Crippen LogP contribution in [0.2, 0.25) is 0 Å². The molecule has 4 amide bonds. The molecule has 2 atom stereocenters. The quantitative estimate of drug-likeness (QED) is 0.468. The number of nitrogens with one attached hydrogen (secondary N) is 1. The van der Waals surface area contributed by atoms with E-state index in [-0.39, 0.29) is 36.8 Å². The molecule has 0 saturated carbocycles. The molecule has 6 rings (SSSR count). The molecule has 3 aliphatic rings. The maximum absolute atomic E-state index is 13.5. The van der Waals surface area contributed by atoms with Gasteiger partial charge in [0.1, 0.15) is 11.6 Å². The van der Waals surface area contributed by atoms with E-state index in [9.17, 15) is 19.2 Å². The number of rotatable bonds is 4. The molecule has 1 aromatic heterocycles. The maximum Gasteiger partial charge on any atom is 0.410 e. The van der Waals surface area contributed by atoms with Crippen LogP contribution >= 0.6 is 0 Å². The fourth-order valence-electron chi connectivity index (χ4n) is 6.07. The molecule has 3 aliphatic heterocycles. The fourth-order valence-corrected chi connectivity index (χ4v) is 6.07. The number of nitrogens with zero attached hydrogens (tertiary/aromatic N) is 4. The van der Waals surface area contributed by atoms with Crippen molar-refractivity contribution in [1.82, 2.24) is 20.0 Å². The number of carbonyl (C=O) groups excluding carboxylic acids is 4. The van der Waals surface area contributed by atoms with E-state index in [0.717, 1.165) is 34.7 Å². The summed E-state index contributed by atoms with van der Waals surface area (Å²) in [6, 6.07) is 8.18. The number of carbonyl (C=O) groups is 4. The third kappa shape index (κ3) is 4.84. The number of imide groups is 1. The normalized spacial score (nSPS) is 20.5. The Labute approximate surface area is 237 Å². The van der Waals surface area contributed by atoms with Crippen LogP contribution in [-0.4, -0.2) is 63.2 Å². The predicted molar refractivity (Wildman–Crippen MR) is 151 cm³/mol. The van der Waals surface area contributed by atoms with Gasteiger partial charge in [0.25, 0.3) is 5.91 Å². The summed E-state index contributed by atoms with van der Waals surface area (Å²) in [4.78, 5) is 53.5. The van der Waals surface area contributed by atoms with Crippen LogP contribution in [0.3, 0.4) is 0 Å². The Morgan fingerprint density at radius 3 is 2.56 bits per heavy atom. The van der Waals surface area contributed by atoms with Crippen molar-refractivity contribution in [3.63, 3.8) is 0 Å². The van der Waals surface area contributed by atoms with Crippen molar-refractivity contribution in [2.24, 2.45) is 5.73 Å². The summed E-state index contributed by atoms with van der Waals surface area (Å²) in [6.07, 6.45) is 5.43. The molecule has 0 radical (unpaired) electrons. The van der Waals surface area contributed by atoms with Crippen LogP contribution in [0.25, 0.3) is 10.8 Å². The second kappa shape index (κ2) is 9.99. The summed E-state index contributed by atoms with van der Waals surface area (Å²) in [5.74, 6) is -1.03. The average molecular weight is 559 g/mol. The van der Waals surface area contributed by atoms with Crippen molar-refractivity contribution in [1.29, 1.82) is 0 Å². The van der Waals surface area contributed by atoms with Crippen molar-refractivity contribution in [3.05, 3.63) is 59.4 Å². The molecule has 4 heterocycles. The number of hydrogen-bond donors (Lipinski definition) is 2. The second-order valence-corrected chi connectivity index (χ2v) is 12.0. The number of likely N-dealkylation sites (tertiary alicyclic amines) is 1. The van der Waals surface area contributed by atoms with Gasteiger partial charge in [0.15, 0.2) is 0 Å². The maximum atomic E-state index is 13.5. The van der Waals surface area contributed by atoms with Crippen molar-refractivity contribution in [3.8, 4) is 0 Å². The lowest BCUT2D eigenvalue weighted by molar-refractivity contribution is -0.134. The Bertz CT molecular complexity index is 1570. The van der Waals surface area contributed by atoms with Gasteiger partial charge in [-0.3, -0.25) is 29.3 Å². The first kappa shape index (κ1) is 26.9. The van der Waals surface area contributed by atoms with Gasteiger partial charge >= 0.3 is 6.09 Å². The van der Waals surface area contributed by atoms with Gasteiger partial charge in [-0.05, 0) is 63.1 Å². The largest absolute Gasteiger partial charge is 0.444 e. The van der Waals surface area contributed by atoms with E-state index in [4.69, 9.17) is 10.5 Å². The third-order valence-corrected chi connectivity index (χ3v) is 8.09. The number of amides is 4. The minimum atomic E-state index is -0.740. The van der Waals surface area contributed by atoms with Crippen LogP contribution < -0.4 is 16.0 Å². The molecule has 0 aliphatic carbocycles. The zero-order valence-electron chi connectivity index (χ0n) is 23.4. The van der Waals surface area contributed by atoms with Crippen LogP contribution in [0.15, 0.2) is 42.7 Å². The molecular formula is C30H34N6O5. The zero-order chi connectivity index (χ0) is 29.1. The minimum absolute atomic E-state index is 0.141. The Balaban J connectivity index is 1.22. The molecule has 11 nitrogen and oxygen atoms in total. The lowest BCUT2D eigenvalue weighted by Crippen LogP contribution is -2.53. The van der Waals surface area contributed by atoms with E-state index in [1.165, 1.54) is 4.90 Å². The number of anilines is 1. The molecule has 214 valence electrons. The van der Waals surface area contributed by atoms with Gasteiger partial charge in [0, 0.05) is 42.2 Å². The topological polar surface area (TPSA) is 140 Å². The average Bonchev–Trinajstić information content (AvgIpc) is 3.53. The van der Waals surface area contributed by atoms with E-state index in [0.29, 0.717) is 24.3 Å². The zero-order valence-corrected chi connectivity index (χ0v) is 23.4. The van der Waals surface area contributed by atoms with Crippen molar-refractivity contribution in [2.75, 3.05) is 18.0 Å². The number of ether oxygens (including phenoxy) is 1. The van der Waals surface area contributed by atoms with Crippen LogP contribution in [0, 0.1) is 0 Å². The Morgan fingerprint density at radius 2 is 1.85 bits per heavy atom. The first-order valence-electron chi connectivity index (χ1n) is 14.0. The smallest absolute Gasteiger partial charge is 0.410 e. The summed E-state index contributed by atoms with van der Waals surface area (Å²) in [6.45, 7) is 6.77. The molecule has 2 aromatic carbocycles. The van der Waals surface area contributed by atoms with Crippen molar-refractivity contribution in [2.45, 2.75) is 70.2 Å². The molecule has 2 unspecified atom stereocenters. The molecular weight excluding hydrogens is 524 g/mol. The van der Waals surface area contributed by atoms with Crippen LogP contribution in [0.4, 0.5) is 10.5 Å². The fraction of sp³-hybridized carbons (Fsp3) is 0.433. The van der Waals surface area contributed by atoms with E-state index < -0.39 is 23.6 Å². The highest BCUT2D eigenvalue weighted by atomic mass is 16.6. The van der Waals surface area contributed by atoms with Gasteiger partial charge < -0.3 is 15.4 Å². The molecule has 2 saturated heterocycles. The van der Waals surface area contributed by atoms with Gasteiger partial charge in [-0.15, -0.1) is 0 Å². The van der Waals surface area contributed by atoms with E-state index >= 15 is 0 Å². The molecule has 41 heavy (non-hydrogen) atoms. The van der Waals surface area contributed by atoms with Crippen LogP contribution in [-0.2, 0) is 14.3 Å². The summed E-state index contributed by atoms with van der Waals surface area (Å²) in [7, 11) is 0. The molecule has 3 aromatic rings. The number of aromatic nitrogens is 2. The van der Waals surface area contributed by atoms with Crippen molar-refractivity contribution < 1.29 is 23.9 Å². The Morgan fingerprint density at radius 1 is 1.10 bits per heavy atom. The summed E-state index contributed by atoms with van der Waals surface area (Å²) in [5.41, 5.74) is 9.12. The molecule has 0 spiro atoms.